The number of nitrogens with one attached hydrogen (secondary N) is 1. The summed E-state index contributed by atoms with van der Waals surface area (Å²) in [5, 5.41) is 3.09. The Kier molecular flexibility index (Phi) is 4.10. The van der Waals surface area contributed by atoms with Gasteiger partial charge in [-0.3, -0.25) is 4.79 Å². The largest absolute Gasteiger partial charge is 0.308 e. The van der Waals surface area contributed by atoms with Crippen molar-refractivity contribution < 1.29 is 9.18 Å². The van der Waals surface area contributed by atoms with Crippen molar-refractivity contribution in [2.75, 3.05) is 6.54 Å². The number of alkyl halides is 1. The van der Waals surface area contributed by atoms with E-state index in [1.54, 1.807) is 12.4 Å². The van der Waals surface area contributed by atoms with E-state index in [-0.39, 0.29) is 11.8 Å². The van der Waals surface area contributed by atoms with Crippen molar-refractivity contribution >= 4 is 5.78 Å². The molecule has 1 saturated carbocycles. The summed E-state index contributed by atoms with van der Waals surface area (Å²) >= 11 is 0. The van der Waals surface area contributed by atoms with E-state index in [0.717, 1.165) is 29.8 Å². The van der Waals surface area contributed by atoms with Crippen LogP contribution in [0, 0.1) is 0 Å². The summed E-state index contributed by atoms with van der Waals surface area (Å²) in [5.41, 5.74) is 2.60. The minimum atomic E-state index is -0.745. The van der Waals surface area contributed by atoms with Crippen LogP contribution in [0.4, 0.5) is 4.39 Å². The van der Waals surface area contributed by atoms with Gasteiger partial charge < -0.3 is 5.32 Å². The lowest BCUT2D eigenvalue weighted by Crippen LogP contribution is -2.55. The molecule has 1 aromatic carbocycles. The lowest BCUT2D eigenvalue weighted by molar-refractivity contribution is 0.0992. The average molecular weight is 325 g/mol. The first kappa shape index (κ1) is 15.4. The van der Waals surface area contributed by atoms with E-state index >= 15 is 0 Å². The average Bonchev–Trinajstić information content (AvgIpc) is 3.45. The Morgan fingerprint density at radius 2 is 1.79 bits per heavy atom. The van der Waals surface area contributed by atoms with Crippen LogP contribution in [-0.2, 0) is 12.8 Å². The first-order valence-corrected chi connectivity index (χ1v) is 8.49. The van der Waals surface area contributed by atoms with E-state index in [1.165, 1.54) is 0 Å². The molecule has 0 spiro atoms. The van der Waals surface area contributed by atoms with Crippen molar-refractivity contribution in [3.8, 4) is 0 Å². The fraction of sp³-hybridized carbons (Fsp3) is 0.421. The summed E-state index contributed by atoms with van der Waals surface area (Å²) in [5.74, 6) is 1.37. The molecular formula is C19H20FN3O. The highest BCUT2D eigenvalue weighted by atomic mass is 19.1. The number of rotatable bonds is 6. The minimum absolute atomic E-state index is 0.0228. The van der Waals surface area contributed by atoms with Gasteiger partial charge in [-0.2, -0.15) is 0 Å². The molecule has 1 aliphatic carbocycles. The van der Waals surface area contributed by atoms with Crippen molar-refractivity contribution in [1.82, 2.24) is 15.3 Å². The quantitative estimate of drug-likeness (QED) is 0.830. The molecule has 4 nitrogen and oxygen atoms in total. The number of nitrogens with zero attached hydrogens (tertiary/aromatic N) is 2. The molecule has 5 heteroatoms. The molecule has 2 aromatic rings. The maximum Gasteiger partial charge on any atom is 0.170 e. The van der Waals surface area contributed by atoms with Crippen LogP contribution < -0.4 is 5.32 Å². The van der Waals surface area contributed by atoms with Crippen LogP contribution >= 0.6 is 0 Å². The number of ketones is 1. The molecule has 1 aliphatic heterocycles. The lowest BCUT2D eigenvalue weighted by atomic mass is 9.95. The molecular weight excluding hydrogens is 305 g/mol. The lowest BCUT2D eigenvalue weighted by Gasteiger charge is -2.32. The summed E-state index contributed by atoms with van der Waals surface area (Å²) in [6.07, 6.45) is 5.86. The fourth-order valence-electron chi connectivity index (χ4n) is 2.94. The second-order valence-electron chi connectivity index (χ2n) is 6.76. The topological polar surface area (TPSA) is 54.9 Å². The van der Waals surface area contributed by atoms with Crippen LogP contribution in [-0.4, -0.2) is 34.5 Å². The summed E-state index contributed by atoms with van der Waals surface area (Å²) < 4.78 is 13.3. The summed E-state index contributed by atoms with van der Waals surface area (Å²) in [6.45, 7) is 0.457. The highest BCUT2D eigenvalue weighted by Gasteiger charge is 2.29. The second-order valence-corrected chi connectivity index (χ2v) is 6.76. The van der Waals surface area contributed by atoms with Crippen molar-refractivity contribution in [3.05, 3.63) is 59.2 Å². The van der Waals surface area contributed by atoms with E-state index in [1.807, 2.05) is 24.3 Å². The maximum absolute atomic E-state index is 13.3. The van der Waals surface area contributed by atoms with E-state index in [4.69, 9.17) is 0 Å². The Bertz CT molecular complexity index is 725. The highest BCUT2D eigenvalue weighted by molar-refractivity contribution is 5.96. The van der Waals surface area contributed by atoms with E-state index in [9.17, 15) is 9.18 Å². The number of carbonyl (C=O) groups is 1. The van der Waals surface area contributed by atoms with Gasteiger partial charge in [0, 0.05) is 37.3 Å². The Labute approximate surface area is 140 Å². The van der Waals surface area contributed by atoms with Crippen LogP contribution in [0.3, 0.4) is 0 Å². The van der Waals surface area contributed by atoms with Gasteiger partial charge in [0.1, 0.15) is 12.0 Å². The number of Topliss-reactive ketones (excluding diaryl/α,β-unsaturated/α-hetero) is 1. The maximum atomic E-state index is 13.3. The Morgan fingerprint density at radius 3 is 2.33 bits per heavy atom. The minimum Gasteiger partial charge on any atom is -0.308 e. The molecule has 1 N–H and O–H groups in total. The normalized spacial score (nSPS) is 22.9. The van der Waals surface area contributed by atoms with Crippen molar-refractivity contribution in [1.29, 1.82) is 0 Å². The predicted octanol–water partition coefficient (Wildman–Crippen LogP) is 2.63. The molecule has 2 heterocycles. The molecule has 124 valence electrons. The second kappa shape index (κ2) is 6.40. The van der Waals surface area contributed by atoms with Crippen LogP contribution in [0.2, 0.25) is 0 Å². The van der Waals surface area contributed by atoms with E-state index in [2.05, 4.69) is 15.3 Å². The van der Waals surface area contributed by atoms with Gasteiger partial charge in [0.2, 0.25) is 0 Å². The van der Waals surface area contributed by atoms with Crippen LogP contribution in [0.25, 0.3) is 0 Å². The molecule has 0 amide bonds. The van der Waals surface area contributed by atoms with Crippen LogP contribution in [0.5, 0.6) is 0 Å². The third kappa shape index (κ3) is 3.36. The smallest absolute Gasteiger partial charge is 0.170 e. The Hall–Kier alpha value is -2.14. The number of carbonyl (C=O) groups excluding carboxylic acids is 1. The third-order valence-electron chi connectivity index (χ3n) is 4.79. The molecule has 1 saturated heterocycles. The number of hydrogen-bond acceptors (Lipinski definition) is 4. The summed E-state index contributed by atoms with van der Waals surface area (Å²) in [4.78, 5) is 20.9. The van der Waals surface area contributed by atoms with Gasteiger partial charge in [-0.25, -0.2) is 14.4 Å². The highest BCUT2D eigenvalue weighted by Crippen LogP contribution is 2.37. The van der Waals surface area contributed by atoms with Gasteiger partial charge in [-0.1, -0.05) is 24.3 Å². The van der Waals surface area contributed by atoms with E-state index in [0.29, 0.717) is 30.9 Å². The Morgan fingerprint density at radius 1 is 1.12 bits per heavy atom. The molecule has 1 aromatic heterocycles. The Balaban J connectivity index is 1.36. The predicted molar refractivity (Wildman–Crippen MR) is 88.9 cm³/mol. The van der Waals surface area contributed by atoms with Crippen molar-refractivity contribution in [2.45, 2.75) is 43.8 Å². The molecule has 2 fully saturated rings. The summed E-state index contributed by atoms with van der Waals surface area (Å²) in [6, 6.07) is 7.76. The number of benzene rings is 1. The zero-order chi connectivity index (χ0) is 16.5. The summed E-state index contributed by atoms with van der Waals surface area (Å²) in [7, 11) is 0. The zero-order valence-electron chi connectivity index (χ0n) is 13.4. The molecule has 0 unspecified atom stereocenters. The first-order chi connectivity index (χ1) is 11.7. The monoisotopic (exact) mass is 325 g/mol. The molecule has 4 rings (SSSR count). The number of hydrogen-bond donors (Lipinski definition) is 1. The van der Waals surface area contributed by atoms with Gasteiger partial charge in [-0.15, -0.1) is 0 Å². The van der Waals surface area contributed by atoms with Gasteiger partial charge in [-0.05, 0) is 30.4 Å². The van der Waals surface area contributed by atoms with Crippen LogP contribution in [0.15, 0.2) is 36.7 Å². The van der Waals surface area contributed by atoms with Crippen molar-refractivity contribution in [3.63, 3.8) is 0 Å². The zero-order valence-corrected chi connectivity index (χ0v) is 13.4. The van der Waals surface area contributed by atoms with Gasteiger partial charge >= 0.3 is 0 Å². The number of halogens is 1. The molecule has 0 radical (unpaired) electrons. The van der Waals surface area contributed by atoms with Gasteiger partial charge in [0.05, 0.1) is 5.56 Å². The molecule has 0 bridgehead atoms. The van der Waals surface area contributed by atoms with Crippen molar-refractivity contribution in [2.24, 2.45) is 0 Å². The SMILES string of the molecule is O=C(Cc1ccc(C[C@@H]2NC[C@@H]2F)cc1)c1cnc(C2CC2)nc1. The van der Waals surface area contributed by atoms with Gasteiger partial charge in [0.15, 0.2) is 5.78 Å². The molecule has 2 aliphatic rings. The number of aromatic nitrogens is 2. The van der Waals surface area contributed by atoms with Gasteiger partial charge in [0.25, 0.3) is 0 Å². The fourth-order valence-corrected chi connectivity index (χ4v) is 2.94. The molecule has 2 atom stereocenters. The van der Waals surface area contributed by atoms with Crippen LogP contribution in [0.1, 0.15) is 46.1 Å². The third-order valence-corrected chi connectivity index (χ3v) is 4.79. The van der Waals surface area contributed by atoms with E-state index < -0.39 is 6.17 Å². The standard InChI is InChI=1S/C19H20FN3O/c20-16-11-21-17(16)7-12-1-3-13(4-2-12)8-18(24)15-9-22-19(23-10-15)14-5-6-14/h1-4,9-10,14,16-17,21H,5-8,11H2/t16-,17-/m0/s1. The first-order valence-electron chi connectivity index (χ1n) is 8.49. The molecule has 24 heavy (non-hydrogen) atoms.